The van der Waals surface area contributed by atoms with Crippen LogP contribution in [0.3, 0.4) is 0 Å². The third-order valence-corrected chi connectivity index (χ3v) is 7.73. The van der Waals surface area contributed by atoms with Crippen molar-refractivity contribution >= 4 is 55.5 Å². The van der Waals surface area contributed by atoms with Gasteiger partial charge in [0, 0.05) is 0 Å². The molecule has 2 nitrogen and oxygen atoms in total. The maximum atomic E-state index is 8.63. The van der Waals surface area contributed by atoms with Gasteiger partial charge in [-0.15, -0.1) is 27.8 Å². The van der Waals surface area contributed by atoms with Gasteiger partial charge in [0.2, 0.25) is 0 Å². The summed E-state index contributed by atoms with van der Waals surface area (Å²) in [7, 11) is 3.83. The smallest absolute Gasteiger partial charge is 0.508 e. The van der Waals surface area contributed by atoms with Crippen LogP contribution in [-0.4, -0.2) is 36.9 Å². The minimum Gasteiger partial charge on any atom is -0.508 e. The molecule has 4 atom stereocenters. The topological polar surface area (TPSA) is 40.5 Å². The van der Waals surface area contributed by atoms with Crippen LogP contribution < -0.4 is 21.2 Å². The SMILES string of the molecule is CPc1c[cH-]c(PC)c1.CPc1c[cH-]c(PC)c1.Oc1ccccc1.Oc1ccccc1.[Ti+2]. The molecular weight excluding hydrogens is 516 g/mol. The van der Waals surface area contributed by atoms with Crippen molar-refractivity contribution in [3.05, 3.63) is 97.1 Å². The molecule has 4 unspecified atom stereocenters. The molecule has 0 bridgehead atoms. The number of rotatable bonds is 4. The Balaban J connectivity index is 0.000000412. The summed E-state index contributed by atoms with van der Waals surface area (Å²) in [6.45, 7) is 8.88. The molecule has 0 spiro atoms. The van der Waals surface area contributed by atoms with Crippen LogP contribution in [0, 0.1) is 0 Å². The fourth-order valence-electron chi connectivity index (χ4n) is 2.36. The molecule has 4 rings (SSSR count). The minimum absolute atomic E-state index is 0. The van der Waals surface area contributed by atoms with Gasteiger partial charge in [-0.3, -0.25) is 0 Å². The molecule has 0 saturated carbocycles. The molecule has 4 aromatic rings. The van der Waals surface area contributed by atoms with E-state index in [2.05, 4.69) is 63.1 Å². The normalized spacial score (nSPS) is 10.5. The number of hydrogen-bond acceptors (Lipinski definition) is 2. The average molecular weight is 550 g/mol. The molecule has 0 aliphatic heterocycles. The van der Waals surface area contributed by atoms with Crippen LogP contribution >= 0.6 is 34.3 Å². The standard InChI is InChI=1S/2C7H11P2.2C6H6O.Ti/c2*1-8-6-3-4-7(5-6)9-2;2*7-6-4-2-1-3-5-6;/h2*3-5,8-9H,1-2H3;2*1-5,7H;/q2*-1;;;+2. The van der Waals surface area contributed by atoms with Crippen molar-refractivity contribution in [1.29, 1.82) is 0 Å². The number of hydrogen-bond donors (Lipinski definition) is 2. The van der Waals surface area contributed by atoms with Crippen LogP contribution in [-0.2, 0) is 21.7 Å². The van der Waals surface area contributed by atoms with Crippen molar-refractivity contribution in [2.24, 2.45) is 0 Å². The molecule has 2 N–H and O–H groups in total. The monoisotopic (exact) mass is 550 g/mol. The predicted molar refractivity (Wildman–Crippen MR) is 156 cm³/mol. The van der Waals surface area contributed by atoms with Crippen LogP contribution in [0.5, 0.6) is 11.5 Å². The van der Waals surface area contributed by atoms with Gasteiger partial charge in [-0.25, -0.2) is 0 Å². The zero-order valence-electron chi connectivity index (χ0n) is 19.6. The molecule has 0 saturated heterocycles. The summed E-state index contributed by atoms with van der Waals surface area (Å²) in [6.07, 6.45) is 0. The van der Waals surface area contributed by atoms with E-state index in [4.69, 9.17) is 10.2 Å². The van der Waals surface area contributed by atoms with Crippen LogP contribution in [0.15, 0.2) is 97.1 Å². The molecule has 33 heavy (non-hydrogen) atoms. The summed E-state index contributed by atoms with van der Waals surface area (Å²) in [6, 6.07) is 30.9. The zero-order valence-corrected chi connectivity index (χ0v) is 25.2. The first-order chi connectivity index (χ1) is 15.5. The van der Waals surface area contributed by atoms with Crippen molar-refractivity contribution in [2.45, 2.75) is 0 Å². The summed E-state index contributed by atoms with van der Waals surface area (Å²) in [5.41, 5.74) is 0. The second-order valence-electron chi connectivity index (χ2n) is 6.45. The van der Waals surface area contributed by atoms with Gasteiger partial charge in [-0.05, 0) is 37.6 Å². The fourth-order valence-corrected chi connectivity index (χ4v) is 4.85. The number of phenols is 2. The van der Waals surface area contributed by atoms with Crippen LogP contribution in [0.4, 0.5) is 0 Å². The van der Waals surface area contributed by atoms with E-state index in [0.717, 1.165) is 34.3 Å². The first kappa shape index (κ1) is 32.2. The molecule has 0 fully saturated rings. The Morgan fingerprint density at radius 3 is 1.03 bits per heavy atom. The maximum Gasteiger partial charge on any atom is 2.00 e. The molecule has 0 aliphatic rings. The summed E-state index contributed by atoms with van der Waals surface area (Å²) in [5.74, 6) is 0.644. The van der Waals surface area contributed by atoms with Gasteiger partial charge in [0.15, 0.2) is 0 Å². The van der Waals surface area contributed by atoms with Crippen molar-refractivity contribution in [2.75, 3.05) is 26.7 Å². The van der Waals surface area contributed by atoms with Gasteiger partial charge in [-0.1, -0.05) is 49.7 Å². The molecule has 0 amide bonds. The molecule has 0 aromatic heterocycles. The summed E-state index contributed by atoms with van der Waals surface area (Å²) in [4.78, 5) is 0. The second-order valence-corrected chi connectivity index (χ2v) is 10.8. The molecule has 0 heterocycles. The van der Waals surface area contributed by atoms with Crippen LogP contribution in [0.25, 0.3) is 0 Å². The van der Waals surface area contributed by atoms with Gasteiger partial charge in [0.05, 0.1) is 0 Å². The summed E-state index contributed by atoms with van der Waals surface area (Å²) in [5, 5.41) is 23.3. The maximum absolute atomic E-state index is 8.63. The summed E-state index contributed by atoms with van der Waals surface area (Å²) >= 11 is 0. The van der Waals surface area contributed by atoms with E-state index < -0.39 is 0 Å². The van der Waals surface area contributed by atoms with E-state index in [1.54, 1.807) is 48.5 Å². The van der Waals surface area contributed by atoms with Crippen molar-refractivity contribution in [1.82, 2.24) is 0 Å². The first-order valence-corrected chi connectivity index (χ1v) is 16.2. The van der Waals surface area contributed by atoms with Gasteiger partial charge in [0.25, 0.3) is 0 Å². The third-order valence-electron chi connectivity index (χ3n) is 4.17. The van der Waals surface area contributed by atoms with Crippen LogP contribution in [0.1, 0.15) is 0 Å². The Morgan fingerprint density at radius 1 is 0.545 bits per heavy atom. The summed E-state index contributed by atoms with van der Waals surface area (Å²) < 4.78 is 0. The zero-order chi connectivity index (χ0) is 23.6. The Bertz CT molecular complexity index is 840. The second kappa shape index (κ2) is 20.5. The average Bonchev–Trinajstić information content (AvgIpc) is 3.50. The van der Waals surface area contributed by atoms with E-state index in [1.165, 1.54) is 21.2 Å². The van der Waals surface area contributed by atoms with E-state index in [9.17, 15) is 0 Å². The largest absolute Gasteiger partial charge is 2.00 e. The van der Waals surface area contributed by atoms with Crippen molar-refractivity contribution in [3.8, 4) is 11.5 Å². The van der Waals surface area contributed by atoms with Crippen LogP contribution in [0.2, 0.25) is 0 Å². The van der Waals surface area contributed by atoms with Gasteiger partial charge in [-0.2, -0.15) is 64.2 Å². The molecule has 7 heteroatoms. The molecule has 0 aliphatic carbocycles. The van der Waals surface area contributed by atoms with Gasteiger partial charge in [0.1, 0.15) is 11.5 Å². The Hall–Kier alpha value is -0.826. The van der Waals surface area contributed by atoms with E-state index in [1.807, 2.05) is 12.1 Å². The molecular formula is C26H34O2P4Ti. The predicted octanol–water partition coefficient (Wildman–Crippen LogP) is 5.33. The number of para-hydroxylation sites is 2. The first-order valence-electron chi connectivity index (χ1n) is 10.2. The number of benzene rings is 2. The van der Waals surface area contributed by atoms with E-state index in [-0.39, 0.29) is 21.7 Å². The molecule has 0 radical (unpaired) electrons. The Labute approximate surface area is 221 Å². The van der Waals surface area contributed by atoms with E-state index in [0.29, 0.717) is 11.5 Å². The third kappa shape index (κ3) is 15.7. The van der Waals surface area contributed by atoms with Gasteiger partial charge >= 0.3 is 21.7 Å². The Kier molecular flexibility index (Phi) is 20.0. The van der Waals surface area contributed by atoms with Crippen molar-refractivity contribution < 1.29 is 31.9 Å². The fraction of sp³-hybridized carbons (Fsp3) is 0.154. The quantitative estimate of drug-likeness (QED) is 0.205. The number of phenolic OH excluding ortho intramolecular Hbond substituents is 2. The molecule has 4 aromatic carbocycles. The Morgan fingerprint density at radius 2 is 0.879 bits per heavy atom. The van der Waals surface area contributed by atoms with Gasteiger partial charge < -0.3 is 10.2 Å². The molecule has 174 valence electrons. The minimum atomic E-state index is 0. The number of aromatic hydroxyl groups is 2. The van der Waals surface area contributed by atoms with Crippen molar-refractivity contribution in [3.63, 3.8) is 0 Å². The van der Waals surface area contributed by atoms with E-state index >= 15 is 0 Å².